The smallest absolute Gasteiger partial charge is 0.368 e. The molecule has 1 aliphatic heterocycles. The van der Waals surface area contributed by atoms with Crippen molar-refractivity contribution >= 4 is 33.1 Å². The fraction of sp³-hybridized carbons (Fsp3) is 0.294. The molecule has 4 rings (SSSR count). The monoisotopic (exact) mass is 364 g/mol. The van der Waals surface area contributed by atoms with Crippen LogP contribution in [-0.4, -0.2) is 36.1 Å². The van der Waals surface area contributed by atoms with Gasteiger partial charge < -0.3 is 9.80 Å². The summed E-state index contributed by atoms with van der Waals surface area (Å²) in [5, 5.41) is 3.02. The van der Waals surface area contributed by atoms with Crippen molar-refractivity contribution in [3.63, 3.8) is 0 Å². The van der Waals surface area contributed by atoms with Gasteiger partial charge >= 0.3 is 6.18 Å². The van der Waals surface area contributed by atoms with Crippen molar-refractivity contribution in [1.29, 1.82) is 0 Å². The number of nitrogens with zero attached hydrogens (tertiary/aromatic N) is 4. The van der Waals surface area contributed by atoms with Crippen molar-refractivity contribution in [3.8, 4) is 0 Å². The van der Waals surface area contributed by atoms with Gasteiger partial charge in [-0.3, -0.25) is 0 Å². The van der Waals surface area contributed by atoms with E-state index in [1.165, 1.54) is 12.1 Å². The van der Waals surface area contributed by atoms with Crippen molar-refractivity contribution in [2.45, 2.75) is 6.18 Å². The predicted octanol–water partition coefficient (Wildman–Crippen LogP) is 4.04. The number of halogens is 3. The Labute approximate surface area is 146 Å². The maximum atomic E-state index is 12.9. The number of anilines is 2. The zero-order valence-corrected chi connectivity index (χ0v) is 14.0. The molecule has 1 fully saturated rings. The van der Waals surface area contributed by atoms with Crippen LogP contribution in [0.3, 0.4) is 0 Å². The summed E-state index contributed by atoms with van der Waals surface area (Å²) in [6, 6.07) is 7.52. The third-order valence-corrected chi connectivity index (χ3v) is 5.18. The molecule has 1 aromatic carbocycles. The van der Waals surface area contributed by atoms with E-state index in [1.807, 2.05) is 16.3 Å². The molecule has 0 aliphatic carbocycles. The molecule has 0 amide bonds. The van der Waals surface area contributed by atoms with Crippen LogP contribution in [0.1, 0.15) is 5.56 Å². The number of hydrogen-bond acceptors (Lipinski definition) is 5. The van der Waals surface area contributed by atoms with Gasteiger partial charge in [0.15, 0.2) is 0 Å². The highest BCUT2D eigenvalue weighted by Crippen LogP contribution is 2.32. The Morgan fingerprint density at radius 1 is 0.960 bits per heavy atom. The molecule has 3 heterocycles. The topological polar surface area (TPSA) is 32.3 Å². The van der Waals surface area contributed by atoms with Crippen molar-refractivity contribution < 1.29 is 13.2 Å². The summed E-state index contributed by atoms with van der Waals surface area (Å²) < 4.78 is 38.7. The lowest BCUT2D eigenvalue weighted by atomic mass is 10.1. The molecule has 130 valence electrons. The van der Waals surface area contributed by atoms with E-state index < -0.39 is 11.7 Å². The van der Waals surface area contributed by atoms with E-state index >= 15 is 0 Å². The Kier molecular flexibility index (Phi) is 3.99. The molecule has 0 spiro atoms. The third-order valence-electron chi connectivity index (χ3n) is 4.36. The molecule has 8 heteroatoms. The normalized spacial score (nSPS) is 15.8. The summed E-state index contributed by atoms with van der Waals surface area (Å²) >= 11 is 1.57. The predicted molar refractivity (Wildman–Crippen MR) is 93.3 cm³/mol. The molecule has 0 N–H and O–H groups in total. The quantitative estimate of drug-likeness (QED) is 0.687. The first-order valence-electron chi connectivity index (χ1n) is 7.88. The van der Waals surface area contributed by atoms with E-state index in [2.05, 4.69) is 14.9 Å². The number of alkyl halides is 3. The lowest BCUT2D eigenvalue weighted by Crippen LogP contribution is -2.47. The number of rotatable bonds is 2. The first-order chi connectivity index (χ1) is 12.0. The van der Waals surface area contributed by atoms with Crippen LogP contribution in [-0.2, 0) is 6.18 Å². The number of aromatic nitrogens is 2. The molecular weight excluding hydrogens is 349 g/mol. The molecule has 4 nitrogen and oxygen atoms in total. The van der Waals surface area contributed by atoms with E-state index in [0.717, 1.165) is 22.1 Å². The lowest BCUT2D eigenvalue weighted by molar-refractivity contribution is -0.137. The minimum absolute atomic E-state index is 0.608. The fourth-order valence-electron chi connectivity index (χ4n) is 3.08. The molecule has 2 aromatic heterocycles. The maximum absolute atomic E-state index is 12.9. The van der Waals surface area contributed by atoms with Gasteiger partial charge in [-0.05, 0) is 29.6 Å². The Bertz CT molecular complexity index is 885. The van der Waals surface area contributed by atoms with Gasteiger partial charge in [0.05, 0.1) is 10.9 Å². The van der Waals surface area contributed by atoms with Crippen molar-refractivity contribution in [3.05, 3.63) is 47.6 Å². The number of piperazine rings is 1. The number of benzene rings is 1. The summed E-state index contributed by atoms with van der Waals surface area (Å²) in [6.45, 7) is 2.71. The second-order valence-electron chi connectivity index (χ2n) is 5.86. The second-order valence-corrected chi connectivity index (χ2v) is 6.75. The summed E-state index contributed by atoms with van der Waals surface area (Å²) in [7, 11) is 0. The highest BCUT2D eigenvalue weighted by molar-refractivity contribution is 7.16. The Hall–Kier alpha value is -2.35. The van der Waals surface area contributed by atoms with E-state index in [0.29, 0.717) is 31.9 Å². The standard InChI is InChI=1S/C17H15F3N4S/c18-17(19,20)12-2-1-3-13(10-12)23-5-7-24(8-6-23)15-14-4-9-25-16(14)22-11-21-15/h1-4,9-11H,5-8H2. The van der Waals surface area contributed by atoms with E-state index in [9.17, 15) is 13.2 Å². The molecule has 25 heavy (non-hydrogen) atoms. The molecule has 0 atom stereocenters. The molecule has 1 aliphatic rings. The van der Waals surface area contributed by atoms with E-state index in [1.54, 1.807) is 23.7 Å². The van der Waals surface area contributed by atoms with Crippen LogP contribution in [0.15, 0.2) is 42.0 Å². The molecule has 1 saturated heterocycles. The van der Waals surface area contributed by atoms with Gasteiger partial charge in [0.25, 0.3) is 0 Å². The molecule has 0 radical (unpaired) electrons. The number of thiophene rings is 1. The molecule has 3 aromatic rings. The molecular formula is C17H15F3N4S. The van der Waals surface area contributed by atoms with Crippen molar-refractivity contribution in [2.75, 3.05) is 36.0 Å². The SMILES string of the molecule is FC(F)(F)c1cccc(N2CCN(c3ncnc4sccc34)CC2)c1. The average molecular weight is 364 g/mol. The highest BCUT2D eigenvalue weighted by atomic mass is 32.1. The van der Waals surface area contributed by atoms with E-state index in [-0.39, 0.29) is 0 Å². The zero-order valence-electron chi connectivity index (χ0n) is 13.2. The van der Waals surface area contributed by atoms with Gasteiger partial charge in [-0.15, -0.1) is 11.3 Å². The first kappa shape index (κ1) is 16.1. The highest BCUT2D eigenvalue weighted by Gasteiger charge is 2.31. The number of hydrogen-bond donors (Lipinski definition) is 0. The van der Waals surface area contributed by atoms with Crippen LogP contribution in [0.25, 0.3) is 10.2 Å². The summed E-state index contributed by atoms with van der Waals surface area (Å²) in [4.78, 5) is 13.8. The molecule has 0 unspecified atom stereocenters. The largest absolute Gasteiger partial charge is 0.416 e. The van der Waals surface area contributed by atoms with Crippen LogP contribution in [0.4, 0.5) is 24.7 Å². The van der Waals surface area contributed by atoms with Crippen molar-refractivity contribution in [2.24, 2.45) is 0 Å². The fourth-order valence-corrected chi connectivity index (χ4v) is 3.81. The van der Waals surface area contributed by atoms with Gasteiger partial charge in [0.2, 0.25) is 0 Å². The van der Waals surface area contributed by atoms with Gasteiger partial charge in [0, 0.05) is 31.9 Å². The van der Waals surface area contributed by atoms with Gasteiger partial charge in [-0.25, -0.2) is 9.97 Å². The zero-order chi connectivity index (χ0) is 17.4. The molecule has 0 saturated carbocycles. The second kappa shape index (κ2) is 6.18. The minimum Gasteiger partial charge on any atom is -0.368 e. The van der Waals surface area contributed by atoms with Crippen LogP contribution in [0.2, 0.25) is 0 Å². The van der Waals surface area contributed by atoms with E-state index in [4.69, 9.17) is 0 Å². The van der Waals surface area contributed by atoms with Crippen LogP contribution < -0.4 is 9.80 Å². The molecule has 0 bridgehead atoms. The Balaban J connectivity index is 1.51. The van der Waals surface area contributed by atoms with Crippen molar-refractivity contribution in [1.82, 2.24) is 9.97 Å². The van der Waals surface area contributed by atoms with Crippen LogP contribution >= 0.6 is 11.3 Å². The minimum atomic E-state index is -4.32. The van der Waals surface area contributed by atoms with Crippen LogP contribution in [0.5, 0.6) is 0 Å². The van der Waals surface area contributed by atoms with Crippen LogP contribution in [0, 0.1) is 0 Å². The summed E-state index contributed by atoms with van der Waals surface area (Å²) in [6.07, 6.45) is -2.75. The first-order valence-corrected chi connectivity index (χ1v) is 8.76. The lowest BCUT2D eigenvalue weighted by Gasteiger charge is -2.37. The van der Waals surface area contributed by atoms with Gasteiger partial charge in [-0.1, -0.05) is 6.07 Å². The number of fused-ring (bicyclic) bond motifs is 1. The average Bonchev–Trinajstić information content (AvgIpc) is 3.10. The summed E-state index contributed by atoms with van der Waals surface area (Å²) in [5.74, 6) is 0.898. The Morgan fingerprint density at radius 2 is 1.72 bits per heavy atom. The van der Waals surface area contributed by atoms with Gasteiger partial charge in [-0.2, -0.15) is 13.2 Å². The maximum Gasteiger partial charge on any atom is 0.416 e. The third kappa shape index (κ3) is 3.13. The summed E-state index contributed by atoms with van der Waals surface area (Å²) in [5.41, 5.74) is 0.000976. The van der Waals surface area contributed by atoms with Gasteiger partial charge in [0.1, 0.15) is 17.0 Å². The Morgan fingerprint density at radius 3 is 2.48 bits per heavy atom.